The highest BCUT2D eigenvalue weighted by atomic mass is 79.9. The van der Waals surface area contributed by atoms with Crippen LogP contribution in [0.4, 0.5) is 4.39 Å². The summed E-state index contributed by atoms with van der Waals surface area (Å²) in [5.41, 5.74) is 1.93. The summed E-state index contributed by atoms with van der Waals surface area (Å²) in [5, 5.41) is 14.9. The summed E-state index contributed by atoms with van der Waals surface area (Å²) >= 11 is 3.48. The van der Waals surface area contributed by atoms with Gasteiger partial charge in [-0.05, 0) is 77.4 Å². The molecule has 3 heterocycles. The second-order valence-corrected chi connectivity index (χ2v) is 16.9. The molecular weight excluding hydrogens is 753 g/mol. The monoisotopic (exact) mass is 795 g/mol. The van der Waals surface area contributed by atoms with Gasteiger partial charge in [-0.15, -0.1) is 0 Å². The number of rotatable bonds is 15. The molecule has 0 radical (unpaired) electrons. The number of esters is 1. The van der Waals surface area contributed by atoms with E-state index in [0.29, 0.717) is 57.9 Å². The standard InChI is InChI=1S/C38H43BrFN5O6S/c1-24(35(47)50-6)19-25-9-7-10-26(20-25)38(4,14-8-13-37(2,3)23-52(48,49)18-17-46)36-43-34(45(5)44-36)31-21-27(11-15-42-31)51-33-29(40)22-30-28(32(33)39)12-16-41-30/h7,9-12,15-16,19-22,41,46H,8,13-14,17-18,23H2,1-6H3/b24-19+/t38-/m1/s1. The Morgan fingerprint density at radius 3 is 2.63 bits per heavy atom. The van der Waals surface area contributed by atoms with E-state index in [1.165, 1.54) is 13.2 Å². The number of aromatic nitrogens is 5. The van der Waals surface area contributed by atoms with Crippen molar-refractivity contribution < 1.29 is 32.2 Å². The summed E-state index contributed by atoms with van der Waals surface area (Å²) in [5.74, 6) is 0.0897. The number of hydrogen-bond acceptors (Lipinski definition) is 9. The summed E-state index contributed by atoms with van der Waals surface area (Å²) in [6.45, 7) is 7.15. The zero-order chi connectivity index (χ0) is 37.8. The molecule has 0 saturated carbocycles. The molecular formula is C38H43BrFN5O6S. The number of aryl methyl sites for hydroxylation is 1. The van der Waals surface area contributed by atoms with Crippen molar-refractivity contribution in [2.75, 3.05) is 25.2 Å². The molecule has 5 rings (SSSR count). The van der Waals surface area contributed by atoms with E-state index in [4.69, 9.17) is 19.6 Å². The number of methoxy groups -OCH3 is 1. The highest BCUT2D eigenvalue weighted by Gasteiger charge is 2.36. The number of pyridine rings is 1. The SMILES string of the molecule is COC(=O)/C(C)=C/c1cccc([C@@](C)(CCCC(C)(C)CS(=O)(=O)CCO)c2nc(-c3cc(Oc4c(F)cc5[nH]ccc5c4Br)ccn3)n(C)n2)c1. The maximum Gasteiger partial charge on any atom is 0.333 e. The predicted octanol–water partition coefficient (Wildman–Crippen LogP) is 7.54. The molecule has 5 aromatic rings. The fourth-order valence-electron chi connectivity index (χ4n) is 6.39. The van der Waals surface area contributed by atoms with Gasteiger partial charge in [0.1, 0.15) is 11.4 Å². The van der Waals surface area contributed by atoms with Gasteiger partial charge in [-0.1, -0.05) is 44.5 Å². The molecule has 0 spiro atoms. The van der Waals surface area contributed by atoms with Gasteiger partial charge >= 0.3 is 5.97 Å². The number of carbonyl (C=O) groups is 1. The second-order valence-electron chi connectivity index (χ2n) is 13.9. The van der Waals surface area contributed by atoms with Crippen molar-refractivity contribution in [3.8, 4) is 23.0 Å². The number of sulfone groups is 1. The number of ether oxygens (including phenoxy) is 2. The third-order valence-corrected chi connectivity index (χ3v) is 11.9. The number of hydrogen-bond donors (Lipinski definition) is 2. The normalized spacial score (nSPS) is 13.7. The second kappa shape index (κ2) is 15.7. The molecule has 2 aromatic carbocycles. The van der Waals surface area contributed by atoms with Gasteiger partial charge in [-0.2, -0.15) is 5.10 Å². The minimum atomic E-state index is -3.42. The Balaban J connectivity index is 1.50. The summed E-state index contributed by atoms with van der Waals surface area (Å²) in [6, 6.07) is 14.3. The Labute approximate surface area is 311 Å². The summed E-state index contributed by atoms with van der Waals surface area (Å²) < 4.78 is 53.3. The Bertz CT molecular complexity index is 2230. The van der Waals surface area contributed by atoms with Gasteiger partial charge in [0, 0.05) is 48.1 Å². The smallest absolute Gasteiger partial charge is 0.333 e. The van der Waals surface area contributed by atoms with E-state index < -0.39 is 39.1 Å². The number of H-pyrrole nitrogens is 1. The number of halogens is 2. The van der Waals surface area contributed by atoms with E-state index in [1.54, 1.807) is 49.3 Å². The topological polar surface area (TPSA) is 149 Å². The lowest BCUT2D eigenvalue weighted by atomic mass is 9.75. The fraction of sp³-hybridized carbons (Fsp3) is 0.368. The molecule has 0 aliphatic heterocycles. The lowest BCUT2D eigenvalue weighted by Crippen LogP contribution is -2.29. The molecule has 52 heavy (non-hydrogen) atoms. The molecule has 3 aromatic heterocycles. The van der Waals surface area contributed by atoms with Gasteiger partial charge < -0.3 is 19.6 Å². The van der Waals surface area contributed by atoms with E-state index in [9.17, 15) is 18.3 Å². The zero-order valence-corrected chi connectivity index (χ0v) is 32.4. The first-order valence-corrected chi connectivity index (χ1v) is 19.4. The first kappa shape index (κ1) is 38.8. The van der Waals surface area contributed by atoms with Crippen molar-refractivity contribution in [1.82, 2.24) is 24.7 Å². The van der Waals surface area contributed by atoms with Gasteiger partial charge in [0.25, 0.3) is 0 Å². The van der Waals surface area contributed by atoms with Gasteiger partial charge in [0.05, 0.1) is 35.1 Å². The average molecular weight is 797 g/mol. The molecule has 0 saturated heterocycles. The Morgan fingerprint density at radius 2 is 1.90 bits per heavy atom. The molecule has 14 heteroatoms. The van der Waals surface area contributed by atoms with Gasteiger partial charge in [-0.3, -0.25) is 4.98 Å². The number of aromatic amines is 1. The van der Waals surface area contributed by atoms with Gasteiger partial charge in [0.15, 0.2) is 33.1 Å². The summed E-state index contributed by atoms with van der Waals surface area (Å²) in [4.78, 5) is 24.7. The average Bonchev–Trinajstić information content (AvgIpc) is 3.72. The molecule has 2 N–H and O–H groups in total. The third-order valence-electron chi connectivity index (χ3n) is 9.10. The summed E-state index contributed by atoms with van der Waals surface area (Å²) in [7, 11) is -0.312. The first-order valence-electron chi connectivity index (χ1n) is 16.7. The van der Waals surface area contributed by atoms with E-state index in [-0.39, 0.29) is 17.3 Å². The number of aliphatic hydroxyl groups is 1. The van der Waals surface area contributed by atoms with E-state index >= 15 is 4.39 Å². The van der Waals surface area contributed by atoms with Crippen molar-refractivity contribution in [2.24, 2.45) is 12.5 Å². The number of nitrogens with one attached hydrogen (secondary N) is 1. The minimum Gasteiger partial charge on any atom is -0.466 e. The molecule has 0 bridgehead atoms. The van der Waals surface area contributed by atoms with Crippen LogP contribution in [0.2, 0.25) is 0 Å². The fourth-order valence-corrected chi connectivity index (χ4v) is 8.76. The van der Waals surface area contributed by atoms with Crippen molar-refractivity contribution in [3.63, 3.8) is 0 Å². The van der Waals surface area contributed by atoms with Crippen LogP contribution in [0.25, 0.3) is 28.5 Å². The zero-order valence-electron chi connectivity index (χ0n) is 30.0. The molecule has 11 nitrogen and oxygen atoms in total. The molecule has 0 fully saturated rings. The Kier molecular flexibility index (Phi) is 11.7. The van der Waals surface area contributed by atoms with Crippen molar-refractivity contribution in [1.29, 1.82) is 0 Å². The highest BCUT2D eigenvalue weighted by molar-refractivity contribution is 9.10. The maximum absolute atomic E-state index is 15.1. The lowest BCUT2D eigenvalue weighted by molar-refractivity contribution is -0.135. The van der Waals surface area contributed by atoms with Crippen LogP contribution in [0.15, 0.2) is 71.0 Å². The van der Waals surface area contributed by atoms with Crippen LogP contribution in [-0.4, -0.2) is 69.4 Å². The van der Waals surface area contributed by atoms with Crippen molar-refractivity contribution >= 4 is 48.7 Å². The van der Waals surface area contributed by atoms with Crippen molar-refractivity contribution in [3.05, 3.63) is 93.7 Å². The quantitative estimate of drug-likeness (QED) is 0.0810. The van der Waals surface area contributed by atoms with E-state index in [2.05, 4.69) is 25.9 Å². The van der Waals surface area contributed by atoms with Crippen LogP contribution < -0.4 is 4.74 Å². The molecule has 1 atom stereocenters. The van der Waals surface area contributed by atoms with Crippen LogP contribution in [0.5, 0.6) is 11.5 Å². The van der Waals surface area contributed by atoms with Crippen molar-refractivity contribution in [2.45, 2.75) is 52.4 Å². The first-order chi connectivity index (χ1) is 24.6. The van der Waals surface area contributed by atoms with Gasteiger partial charge in [0.2, 0.25) is 0 Å². The Hall–Kier alpha value is -4.40. The minimum absolute atomic E-state index is 0.0407. The Morgan fingerprint density at radius 1 is 1.13 bits per heavy atom. The maximum atomic E-state index is 15.1. The molecule has 0 aliphatic carbocycles. The highest BCUT2D eigenvalue weighted by Crippen LogP contribution is 2.40. The van der Waals surface area contributed by atoms with E-state index in [0.717, 1.165) is 16.5 Å². The lowest BCUT2D eigenvalue weighted by Gasteiger charge is -2.30. The molecule has 276 valence electrons. The number of nitrogens with zero attached hydrogens (tertiary/aromatic N) is 4. The molecule has 0 amide bonds. The predicted molar refractivity (Wildman–Crippen MR) is 202 cm³/mol. The van der Waals surface area contributed by atoms with Crippen LogP contribution in [0.1, 0.15) is 63.9 Å². The number of fused-ring (bicyclic) bond motifs is 1. The largest absolute Gasteiger partial charge is 0.466 e. The van der Waals surface area contributed by atoms with E-state index in [1.807, 2.05) is 51.1 Å². The van der Waals surface area contributed by atoms with Crippen LogP contribution >= 0.6 is 15.9 Å². The number of aliphatic hydroxyl groups excluding tert-OH is 1. The summed E-state index contributed by atoms with van der Waals surface area (Å²) in [6.07, 6.45) is 6.84. The van der Waals surface area contributed by atoms with Crippen LogP contribution in [0.3, 0.4) is 0 Å². The number of benzene rings is 2. The molecule has 0 aliphatic rings. The number of carbonyl (C=O) groups excluding carboxylic acids is 1. The third kappa shape index (κ3) is 8.79. The van der Waals surface area contributed by atoms with Crippen LogP contribution in [-0.2, 0) is 31.8 Å². The molecule has 0 unspecified atom stereocenters. The van der Waals surface area contributed by atoms with Crippen LogP contribution in [0, 0.1) is 11.2 Å². The van der Waals surface area contributed by atoms with Gasteiger partial charge in [-0.25, -0.2) is 27.3 Å².